The third-order valence-corrected chi connectivity index (χ3v) is 3.30. The van der Waals surface area contributed by atoms with Gasteiger partial charge in [-0.3, -0.25) is 4.79 Å². The molecule has 0 aliphatic carbocycles. The van der Waals surface area contributed by atoms with Gasteiger partial charge in [-0.05, 0) is 48.7 Å². The quantitative estimate of drug-likeness (QED) is 0.561. The van der Waals surface area contributed by atoms with Crippen molar-refractivity contribution < 1.29 is 14.3 Å². The zero-order chi connectivity index (χ0) is 17.4. The Labute approximate surface area is 141 Å². The van der Waals surface area contributed by atoms with Gasteiger partial charge in [-0.15, -0.1) is 0 Å². The highest BCUT2D eigenvalue weighted by molar-refractivity contribution is 5.91. The molecular weight excluding hydrogens is 306 g/mol. The van der Waals surface area contributed by atoms with E-state index in [1.54, 1.807) is 6.92 Å². The molecule has 0 aliphatic rings. The maximum absolute atomic E-state index is 11.7. The minimum absolute atomic E-state index is 0.158. The summed E-state index contributed by atoms with van der Waals surface area (Å²) in [6.07, 6.45) is 0.787. The van der Waals surface area contributed by atoms with Crippen LogP contribution in [0.5, 0.6) is 0 Å². The van der Waals surface area contributed by atoms with Gasteiger partial charge in [0.1, 0.15) is 6.54 Å². The normalized spacial score (nSPS) is 10.0. The number of nitrogen functional groups attached to an aromatic ring is 1. The molecule has 0 aliphatic heterocycles. The van der Waals surface area contributed by atoms with Crippen molar-refractivity contribution in [2.24, 2.45) is 0 Å². The number of rotatable bonds is 6. The summed E-state index contributed by atoms with van der Waals surface area (Å²) in [5.41, 5.74) is 9.35. The Morgan fingerprint density at radius 2 is 1.58 bits per heavy atom. The molecule has 0 aromatic heterocycles. The van der Waals surface area contributed by atoms with Gasteiger partial charge in [-0.2, -0.15) is 0 Å². The maximum Gasteiger partial charge on any atom is 0.325 e. The molecule has 0 saturated heterocycles. The van der Waals surface area contributed by atoms with Gasteiger partial charge in [-0.25, -0.2) is 4.79 Å². The predicted octanol–water partition coefficient (Wildman–Crippen LogP) is 2.54. The number of amides is 2. The molecule has 2 aromatic rings. The number of nitrogens with two attached hydrogens (primary N) is 1. The zero-order valence-corrected chi connectivity index (χ0v) is 13.5. The molecule has 0 bridgehead atoms. The number of hydrogen-bond donors (Lipinski definition) is 3. The summed E-state index contributed by atoms with van der Waals surface area (Å²) in [6, 6.07) is 14.8. The number of anilines is 2. The monoisotopic (exact) mass is 327 g/mol. The van der Waals surface area contributed by atoms with Crippen molar-refractivity contribution in [2.75, 3.05) is 24.2 Å². The molecule has 2 rings (SSSR count). The van der Waals surface area contributed by atoms with Gasteiger partial charge in [0, 0.05) is 11.4 Å². The molecule has 0 atom stereocenters. The second-order valence-corrected chi connectivity index (χ2v) is 5.23. The van der Waals surface area contributed by atoms with Crippen LogP contribution < -0.4 is 16.4 Å². The van der Waals surface area contributed by atoms with Gasteiger partial charge < -0.3 is 21.1 Å². The van der Waals surface area contributed by atoms with E-state index in [1.165, 1.54) is 0 Å². The Morgan fingerprint density at radius 1 is 1.00 bits per heavy atom. The molecule has 2 aromatic carbocycles. The third-order valence-electron chi connectivity index (χ3n) is 3.30. The van der Waals surface area contributed by atoms with E-state index >= 15 is 0 Å². The van der Waals surface area contributed by atoms with Crippen molar-refractivity contribution in [1.82, 2.24) is 5.32 Å². The first-order valence-corrected chi connectivity index (χ1v) is 7.70. The first-order chi connectivity index (χ1) is 11.6. The number of benzene rings is 2. The summed E-state index contributed by atoms with van der Waals surface area (Å²) in [5.74, 6) is -0.466. The van der Waals surface area contributed by atoms with Crippen LogP contribution >= 0.6 is 0 Å². The molecule has 0 saturated carbocycles. The lowest BCUT2D eigenvalue weighted by molar-refractivity contribution is -0.141. The summed E-state index contributed by atoms with van der Waals surface area (Å²) in [6.45, 7) is 1.84. The summed E-state index contributed by atoms with van der Waals surface area (Å²) in [5, 5.41) is 5.10. The van der Waals surface area contributed by atoms with Gasteiger partial charge in [0.2, 0.25) is 0 Å². The van der Waals surface area contributed by atoms with E-state index in [2.05, 4.69) is 10.6 Å². The molecule has 2 amide bonds. The Bertz CT molecular complexity index is 682. The number of carbonyl (C=O) groups excluding carboxylic acids is 2. The van der Waals surface area contributed by atoms with Crippen LogP contribution in [0.15, 0.2) is 48.5 Å². The van der Waals surface area contributed by atoms with Gasteiger partial charge >= 0.3 is 12.0 Å². The van der Waals surface area contributed by atoms with Crippen molar-refractivity contribution in [1.29, 1.82) is 0 Å². The fraction of sp³-hybridized carbons (Fsp3) is 0.222. The van der Waals surface area contributed by atoms with E-state index in [9.17, 15) is 9.59 Å². The number of ether oxygens (including phenoxy) is 1. The molecule has 126 valence electrons. The Balaban J connectivity index is 1.84. The lowest BCUT2D eigenvalue weighted by atomic mass is 10.0. The zero-order valence-electron chi connectivity index (χ0n) is 13.5. The summed E-state index contributed by atoms with van der Waals surface area (Å²) in [4.78, 5) is 22.9. The van der Waals surface area contributed by atoms with Crippen molar-refractivity contribution >= 4 is 23.4 Å². The van der Waals surface area contributed by atoms with Crippen LogP contribution in [-0.2, 0) is 16.0 Å². The van der Waals surface area contributed by atoms with Crippen LogP contribution in [0.2, 0.25) is 0 Å². The van der Waals surface area contributed by atoms with Crippen LogP contribution in [-0.4, -0.2) is 25.2 Å². The van der Waals surface area contributed by atoms with Crippen molar-refractivity contribution in [3.63, 3.8) is 0 Å². The SMILES string of the molecule is CCOC(=O)CNC(=O)Nc1ccc(Cc2ccc(N)cc2)cc1. The van der Waals surface area contributed by atoms with E-state index in [0.29, 0.717) is 5.69 Å². The molecule has 0 fully saturated rings. The highest BCUT2D eigenvalue weighted by Gasteiger charge is 2.06. The number of nitrogens with one attached hydrogen (secondary N) is 2. The highest BCUT2D eigenvalue weighted by Crippen LogP contribution is 2.14. The average Bonchev–Trinajstić information content (AvgIpc) is 2.57. The van der Waals surface area contributed by atoms with E-state index in [4.69, 9.17) is 10.5 Å². The Morgan fingerprint density at radius 3 is 2.17 bits per heavy atom. The molecule has 0 spiro atoms. The van der Waals surface area contributed by atoms with Gasteiger partial charge in [-0.1, -0.05) is 24.3 Å². The summed E-state index contributed by atoms with van der Waals surface area (Å²) in [7, 11) is 0. The number of carbonyl (C=O) groups is 2. The Hall–Kier alpha value is -3.02. The number of hydrogen-bond acceptors (Lipinski definition) is 4. The standard InChI is InChI=1S/C18H21N3O3/c1-2-24-17(22)12-20-18(23)21-16-9-5-14(6-10-16)11-13-3-7-15(19)8-4-13/h3-10H,2,11-12,19H2,1H3,(H2,20,21,23). The van der Waals surface area contributed by atoms with E-state index in [0.717, 1.165) is 23.2 Å². The first-order valence-electron chi connectivity index (χ1n) is 7.70. The van der Waals surface area contributed by atoms with Gasteiger partial charge in [0.25, 0.3) is 0 Å². The molecule has 4 N–H and O–H groups in total. The number of esters is 1. The van der Waals surface area contributed by atoms with Crippen LogP contribution in [0.4, 0.5) is 16.2 Å². The van der Waals surface area contributed by atoms with E-state index in [1.807, 2.05) is 48.5 Å². The molecule has 24 heavy (non-hydrogen) atoms. The number of urea groups is 1. The third kappa shape index (κ3) is 5.64. The summed E-state index contributed by atoms with van der Waals surface area (Å²) >= 11 is 0. The highest BCUT2D eigenvalue weighted by atomic mass is 16.5. The van der Waals surface area contributed by atoms with Crippen molar-refractivity contribution in [3.8, 4) is 0 Å². The molecule has 6 nitrogen and oxygen atoms in total. The minimum atomic E-state index is -0.466. The lowest BCUT2D eigenvalue weighted by Gasteiger charge is -2.08. The summed E-state index contributed by atoms with van der Waals surface area (Å²) < 4.78 is 4.73. The lowest BCUT2D eigenvalue weighted by Crippen LogP contribution is -2.34. The smallest absolute Gasteiger partial charge is 0.325 e. The van der Waals surface area contributed by atoms with Crippen molar-refractivity contribution in [2.45, 2.75) is 13.3 Å². The van der Waals surface area contributed by atoms with Crippen molar-refractivity contribution in [3.05, 3.63) is 59.7 Å². The van der Waals surface area contributed by atoms with Crippen LogP contribution in [0.1, 0.15) is 18.1 Å². The Kier molecular flexibility index (Phi) is 6.19. The maximum atomic E-state index is 11.7. The molecule has 0 heterocycles. The minimum Gasteiger partial charge on any atom is -0.465 e. The van der Waals surface area contributed by atoms with E-state index in [-0.39, 0.29) is 13.2 Å². The largest absolute Gasteiger partial charge is 0.465 e. The molecule has 0 unspecified atom stereocenters. The molecule has 0 radical (unpaired) electrons. The van der Waals surface area contributed by atoms with Gasteiger partial charge in [0.15, 0.2) is 0 Å². The fourth-order valence-electron chi connectivity index (χ4n) is 2.12. The van der Waals surface area contributed by atoms with E-state index < -0.39 is 12.0 Å². The van der Waals surface area contributed by atoms with Crippen LogP contribution in [0.3, 0.4) is 0 Å². The second-order valence-electron chi connectivity index (χ2n) is 5.23. The van der Waals surface area contributed by atoms with Crippen LogP contribution in [0, 0.1) is 0 Å². The molecule has 6 heteroatoms. The average molecular weight is 327 g/mol. The fourth-order valence-corrected chi connectivity index (χ4v) is 2.12. The van der Waals surface area contributed by atoms with Crippen LogP contribution in [0.25, 0.3) is 0 Å². The topological polar surface area (TPSA) is 93.4 Å². The second kappa shape index (κ2) is 8.57. The first kappa shape index (κ1) is 17.3. The van der Waals surface area contributed by atoms with Gasteiger partial charge in [0.05, 0.1) is 6.61 Å². The molecular formula is C18H21N3O3. The predicted molar refractivity (Wildman–Crippen MR) is 93.8 cm³/mol.